The molecule has 1 aromatic carbocycles. The molecule has 0 aliphatic rings. The highest BCUT2D eigenvalue weighted by Crippen LogP contribution is 2.17. The van der Waals surface area contributed by atoms with Crippen LogP contribution in [0.1, 0.15) is 22.6 Å². The standard InChI is InChI=1S/C15H14O2/c1-11-8-13(9-12(2)17-11)10-15(16)14-6-4-3-5-7-14/h3-10H,1-2H3/p+1/b15-10-. The zero-order chi connectivity index (χ0) is 12.3. The molecule has 1 N–H and O–H groups in total. The number of aryl methyl sites for hydroxylation is 2. The van der Waals surface area contributed by atoms with Crippen LogP contribution in [-0.4, -0.2) is 5.11 Å². The largest absolute Gasteiger partial charge is 0.507 e. The molecular formula is C15H15O2+. The summed E-state index contributed by atoms with van der Waals surface area (Å²) in [5.74, 6) is 1.92. The molecule has 2 nitrogen and oxygen atoms in total. The van der Waals surface area contributed by atoms with Crippen molar-refractivity contribution in [1.82, 2.24) is 0 Å². The fraction of sp³-hybridized carbons (Fsp3) is 0.133. The quantitative estimate of drug-likeness (QED) is 0.614. The van der Waals surface area contributed by atoms with Crippen molar-refractivity contribution in [2.75, 3.05) is 0 Å². The van der Waals surface area contributed by atoms with Gasteiger partial charge in [-0.1, -0.05) is 30.3 Å². The van der Waals surface area contributed by atoms with Crippen molar-refractivity contribution < 1.29 is 9.52 Å². The van der Waals surface area contributed by atoms with Crippen molar-refractivity contribution >= 4 is 11.8 Å². The summed E-state index contributed by atoms with van der Waals surface area (Å²) in [6.07, 6.45) is 1.74. The molecule has 0 bridgehead atoms. The molecule has 0 fully saturated rings. The number of hydrogen-bond donors (Lipinski definition) is 1. The van der Waals surface area contributed by atoms with Crippen LogP contribution in [0.15, 0.2) is 46.9 Å². The highest BCUT2D eigenvalue weighted by molar-refractivity contribution is 5.76. The third-order valence-electron chi connectivity index (χ3n) is 2.43. The van der Waals surface area contributed by atoms with E-state index in [1.165, 1.54) is 0 Å². The van der Waals surface area contributed by atoms with Crippen molar-refractivity contribution in [3.8, 4) is 0 Å². The second kappa shape index (κ2) is 4.83. The molecule has 2 heteroatoms. The minimum Gasteiger partial charge on any atom is -0.507 e. The summed E-state index contributed by atoms with van der Waals surface area (Å²) in [5, 5.41) is 9.99. The highest BCUT2D eigenvalue weighted by atomic mass is 16.3. The molecular weight excluding hydrogens is 212 g/mol. The van der Waals surface area contributed by atoms with E-state index in [1.54, 1.807) is 6.08 Å². The number of aliphatic hydroxyl groups is 1. The van der Waals surface area contributed by atoms with E-state index < -0.39 is 0 Å². The van der Waals surface area contributed by atoms with E-state index in [2.05, 4.69) is 0 Å². The van der Waals surface area contributed by atoms with Gasteiger partial charge in [0, 0.05) is 17.7 Å². The van der Waals surface area contributed by atoms with Crippen LogP contribution in [-0.2, 0) is 0 Å². The van der Waals surface area contributed by atoms with Gasteiger partial charge in [-0.05, 0) is 11.6 Å². The van der Waals surface area contributed by atoms with Crippen molar-refractivity contribution in [2.45, 2.75) is 13.8 Å². The Morgan fingerprint density at radius 3 is 2.24 bits per heavy atom. The average Bonchev–Trinajstić information content (AvgIpc) is 2.28. The zero-order valence-electron chi connectivity index (χ0n) is 9.97. The minimum atomic E-state index is 0.260. The highest BCUT2D eigenvalue weighted by Gasteiger charge is 2.07. The topological polar surface area (TPSA) is 31.5 Å². The molecule has 17 heavy (non-hydrogen) atoms. The van der Waals surface area contributed by atoms with Crippen molar-refractivity contribution in [1.29, 1.82) is 0 Å². The van der Waals surface area contributed by atoms with Gasteiger partial charge < -0.3 is 5.11 Å². The van der Waals surface area contributed by atoms with Gasteiger partial charge in [0.05, 0.1) is 13.8 Å². The van der Waals surface area contributed by atoms with Crippen molar-refractivity contribution in [3.63, 3.8) is 0 Å². The first-order valence-electron chi connectivity index (χ1n) is 5.52. The first-order chi connectivity index (χ1) is 8.15. The first-order valence-corrected chi connectivity index (χ1v) is 5.52. The normalized spacial score (nSPS) is 11.5. The first kappa shape index (κ1) is 11.4. The van der Waals surface area contributed by atoms with Gasteiger partial charge in [0.1, 0.15) is 5.76 Å². The molecule has 1 aromatic heterocycles. The molecule has 0 saturated heterocycles. The van der Waals surface area contributed by atoms with Crippen LogP contribution < -0.4 is 0 Å². The summed E-state index contributed by atoms with van der Waals surface area (Å²) in [6, 6.07) is 13.3. The fourth-order valence-electron chi connectivity index (χ4n) is 1.76. The van der Waals surface area contributed by atoms with E-state index in [0.29, 0.717) is 0 Å². The lowest BCUT2D eigenvalue weighted by Crippen LogP contribution is -1.84. The van der Waals surface area contributed by atoms with Crippen LogP contribution in [0.2, 0.25) is 0 Å². The van der Waals surface area contributed by atoms with Crippen LogP contribution in [0, 0.1) is 13.8 Å². The Kier molecular flexibility index (Phi) is 3.24. The number of benzene rings is 1. The third kappa shape index (κ3) is 2.94. The molecule has 2 rings (SSSR count). The Balaban J connectivity index is 2.36. The minimum absolute atomic E-state index is 0.260. The van der Waals surface area contributed by atoms with Crippen molar-refractivity contribution in [3.05, 3.63) is 65.1 Å². The summed E-state index contributed by atoms with van der Waals surface area (Å²) in [6.45, 7) is 3.79. The second-order valence-electron chi connectivity index (χ2n) is 4.01. The van der Waals surface area contributed by atoms with Gasteiger partial charge in [-0.25, -0.2) is 4.42 Å². The van der Waals surface area contributed by atoms with Gasteiger partial charge >= 0.3 is 11.5 Å². The van der Waals surface area contributed by atoms with Gasteiger partial charge in [-0.3, -0.25) is 0 Å². The van der Waals surface area contributed by atoms with E-state index in [-0.39, 0.29) is 5.76 Å². The monoisotopic (exact) mass is 227 g/mol. The lowest BCUT2D eigenvalue weighted by Gasteiger charge is -1.99. The van der Waals surface area contributed by atoms with E-state index >= 15 is 0 Å². The van der Waals surface area contributed by atoms with Crippen LogP contribution in [0.25, 0.3) is 11.8 Å². The predicted molar refractivity (Wildman–Crippen MR) is 69.5 cm³/mol. The van der Waals surface area contributed by atoms with E-state index in [0.717, 1.165) is 22.6 Å². The molecule has 2 aromatic rings. The maximum atomic E-state index is 9.99. The molecule has 0 spiro atoms. The molecule has 86 valence electrons. The van der Waals surface area contributed by atoms with E-state index in [4.69, 9.17) is 4.42 Å². The maximum absolute atomic E-state index is 9.99. The Morgan fingerprint density at radius 1 is 1.06 bits per heavy atom. The molecule has 0 atom stereocenters. The summed E-state index contributed by atoms with van der Waals surface area (Å²) in [5.41, 5.74) is 1.75. The van der Waals surface area contributed by atoms with E-state index in [9.17, 15) is 5.11 Å². The molecule has 0 saturated carbocycles. The van der Waals surface area contributed by atoms with Gasteiger partial charge in [0.25, 0.3) is 0 Å². The third-order valence-corrected chi connectivity index (χ3v) is 2.43. The summed E-state index contributed by atoms with van der Waals surface area (Å²) >= 11 is 0. The Labute approximate surface area is 101 Å². The number of rotatable bonds is 2. The lowest BCUT2D eigenvalue weighted by atomic mass is 10.1. The summed E-state index contributed by atoms with van der Waals surface area (Å²) in [7, 11) is 0. The maximum Gasteiger partial charge on any atom is 0.327 e. The molecule has 0 unspecified atom stereocenters. The molecule has 0 amide bonds. The second-order valence-corrected chi connectivity index (χ2v) is 4.01. The zero-order valence-corrected chi connectivity index (χ0v) is 9.97. The van der Waals surface area contributed by atoms with Crippen molar-refractivity contribution in [2.24, 2.45) is 0 Å². The molecule has 0 radical (unpaired) electrons. The van der Waals surface area contributed by atoms with Gasteiger partial charge in [-0.15, -0.1) is 0 Å². The van der Waals surface area contributed by atoms with E-state index in [1.807, 2.05) is 56.3 Å². The fourth-order valence-corrected chi connectivity index (χ4v) is 1.76. The van der Waals surface area contributed by atoms with Crippen LogP contribution in [0.4, 0.5) is 0 Å². The average molecular weight is 227 g/mol. The predicted octanol–water partition coefficient (Wildman–Crippen LogP) is 4.23. The van der Waals surface area contributed by atoms with Crippen LogP contribution >= 0.6 is 0 Å². The van der Waals surface area contributed by atoms with Crippen LogP contribution in [0.5, 0.6) is 0 Å². The Hall–Kier alpha value is -2.09. The smallest absolute Gasteiger partial charge is 0.327 e. The number of hydrogen-bond acceptors (Lipinski definition) is 1. The molecule has 0 aliphatic carbocycles. The molecule has 0 aliphatic heterocycles. The lowest BCUT2D eigenvalue weighted by molar-refractivity contribution is 0.485. The SMILES string of the molecule is Cc1cc(/C=C(\O)c2ccccc2)cc(C)[o+]1. The van der Waals surface area contributed by atoms with Gasteiger partial charge in [0.15, 0.2) is 0 Å². The van der Waals surface area contributed by atoms with Gasteiger partial charge in [0.2, 0.25) is 0 Å². The summed E-state index contributed by atoms with van der Waals surface area (Å²) in [4.78, 5) is 0. The van der Waals surface area contributed by atoms with Crippen LogP contribution in [0.3, 0.4) is 0 Å². The number of aliphatic hydroxyl groups excluding tert-OH is 1. The molecule has 1 heterocycles. The summed E-state index contributed by atoms with van der Waals surface area (Å²) < 4.78 is 5.39. The Morgan fingerprint density at radius 2 is 1.65 bits per heavy atom. The Bertz CT molecular complexity index is 522. The van der Waals surface area contributed by atoms with Gasteiger partial charge in [-0.2, -0.15) is 0 Å².